The molecule has 1 fully saturated rings. The minimum atomic E-state index is -0.177. The van der Waals surface area contributed by atoms with E-state index in [-0.39, 0.29) is 5.91 Å². The molecule has 0 atom stereocenters. The van der Waals surface area contributed by atoms with Crippen molar-refractivity contribution in [3.05, 3.63) is 71.5 Å². The Labute approximate surface area is 174 Å². The largest absolute Gasteiger partial charge is 0.379 e. The molecule has 29 heavy (non-hydrogen) atoms. The SMILES string of the molecule is O=C(C=Cc1cnccc1-c1cnsc1)Nc1ccc(CN2CCOCC2)cc1. The molecule has 1 saturated heterocycles. The van der Waals surface area contributed by atoms with Gasteiger partial charge in [-0.1, -0.05) is 12.1 Å². The van der Waals surface area contributed by atoms with Gasteiger partial charge in [-0.05, 0) is 46.9 Å². The maximum atomic E-state index is 12.3. The van der Waals surface area contributed by atoms with Gasteiger partial charge in [0, 0.05) is 66.5 Å². The van der Waals surface area contributed by atoms with Gasteiger partial charge in [0.05, 0.1) is 13.2 Å². The molecule has 1 aliphatic heterocycles. The molecule has 3 aromatic rings. The molecule has 6 nitrogen and oxygen atoms in total. The Hall–Kier alpha value is -2.87. The number of morpholine rings is 1. The molecule has 0 unspecified atom stereocenters. The second-order valence-corrected chi connectivity index (χ2v) is 7.44. The Bertz CT molecular complexity index is 965. The monoisotopic (exact) mass is 406 g/mol. The average molecular weight is 407 g/mol. The highest BCUT2D eigenvalue weighted by atomic mass is 32.1. The highest BCUT2D eigenvalue weighted by molar-refractivity contribution is 7.03. The van der Waals surface area contributed by atoms with Crippen LogP contribution in [-0.2, 0) is 16.1 Å². The van der Waals surface area contributed by atoms with E-state index >= 15 is 0 Å². The van der Waals surface area contributed by atoms with Gasteiger partial charge in [0.2, 0.25) is 5.91 Å². The van der Waals surface area contributed by atoms with Gasteiger partial charge in [0.1, 0.15) is 0 Å². The average Bonchev–Trinajstić information content (AvgIpc) is 3.29. The zero-order chi connectivity index (χ0) is 19.9. The van der Waals surface area contributed by atoms with Crippen molar-refractivity contribution in [3.63, 3.8) is 0 Å². The Morgan fingerprint density at radius 2 is 2.00 bits per heavy atom. The number of nitrogens with one attached hydrogen (secondary N) is 1. The topological polar surface area (TPSA) is 67.4 Å². The Kier molecular flexibility index (Phi) is 6.41. The van der Waals surface area contributed by atoms with Gasteiger partial charge in [0.15, 0.2) is 0 Å². The first-order valence-electron chi connectivity index (χ1n) is 9.50. The van der Waals surface area contributed by atoms with Crippen molar-refractivity contribution < 1.29 is 9.53 Å². The number of carbonyl (C=O) groups excluding carboxylic acids is 1. The lowest BCUT2D eigenvalue weighted by Gasteiger charge is -2.26. The van der Waals surface area contributed by atoms with Gasteiger partial charge in [-0.25, -0.2) is 4.37 Å². The fourth-order valence-corrected chi connectivity index (χ4v) is 3.74. The summed E-state index contributed by atoms with van der Waals surface area (Å²) in [6, 6.07) is 9.91. The van der Waals surface area contributed by atoms with Crippen molar-refractivity contribution >= 4 is 29.2 Å². The lowest BCUT2D eigenvalue weighted by molar-refractivity contribution is -0.111. The van der Waals surface area contributed by atoms with Crippen molar-refractivity contribution in [3.8, 4) is 11.1 Å². The number of nitrogens with zero attached hydrogens (tertiary/aromatic N) is 3. The summed E-state index contributed by atoms with van der Waals surface area (Å²) >= 11 is 1.40. The maximum Gasteiger partial charge on any atom is 0.248 e. The summed E-state index contributed by atoms with van der Waals surface area (Å²) in [5.41, 5.74) is 4.91. The van der Waals surface area contributed by atoms with Crippen LogP contribution < -0.4 is 5.32 Å². The fraction of sp³-hybridized carbons (Fsp3) is 0.227. The lowest BCUT2D eigenvalue weighted by Crippen LogP contribution is -2.35. The van der Waals surface area contributed by atoms with E-state index in [0.717, 1.165) is 55.2 Å². The number of rotatable bonds is 6. The van der Waals surface area contributed by atoms with Crippen LogP contribution in [0.15, 0.2) is 60.4 Å². The third-order valence-electron chi connectivity index (χ3n) is 4.74. The van der Waals surface area contributed by atoms with Gasteiger partial charge in [-0.2, -0.15) is 0 Å². The van der Waals surface area contributed by atoms with Gasteiger partial charge in [0.25, 0.3) is 0 Å². The van der Waals surface area contributed by atoms with Crippen molar-refractivity contribution in [2.24, 2.45) is 0 Å². The van der Waals surface area contributed by atoms with E-state index in [2.05, 4.69) is 31.7 Å². The lowest BCUT2D eigenvalue weighted by atomic mass is 10.1. The van der Waals surface area contributed by atoms with Crippen molar-refractivity contribution in [2.75, 3.05) is 31.6 Å². The first kappa shape index (κ1) is 19.4. The first-order chi connectivity index (χ1) is 14.3. The Morgan fingerprint density at radius 3 is 2.76 bits per heavy atom. The predicted octanol–water partition coefficient (Wildman–Crippen LogP) is 3.69. The summed E-state index contributed by atoms with van der Waals surface area (Å²) in [7, 11) is 0. The number of amides is 1. The summed E-state index contributed by atoms with van der Waals surface area (Å²) in [6.07, 6.45) is 8.61. The van der Waals surface area contributed by atoms with Gasteiger partial charge in [-0.15, -0.1) is 0 Å². The molecule has 2 aromatic heterocycles. The summed E-state index contributed by atoms with van der Waals surface area (Å²) in [4.78, 5) is 18.9. The molecule has 1 aliphatic rings. The number of hydrogen-bond acceptors (Lipinski definition) is 6. The van der Waals surface area contributed by atoms with Gasteiger partial charge >= 0.3 is 0 Å². The summed E-state index contributed by atoms with van der Waals surface area (Å²) in [5.74, 6) is -0.177. The van der Waals surface area contributed by atoms with E-state index in [1.54, 1.807) is 18.5 Å². The highest BCUT2D eigenvalue weighted by Crippen LogP contribution is 2.24. The van der Waals surface area contributed by atoms with Crippen LogP contribution in [0.1, 0.15) is 11.1 Å². The molecule has 7 heteroatoms. The second-order valence-electron chi connectivity index (χ2n) is 6.78. The molecule has 148 valence electrons. The van der Waals surface area contributed by atoms with E-state index in [1.165, 1.54) is 23.2 Å². The predicted molar refractivity (Wildman–Crippen MR) is 116 cm³/mol. The first-order valence-corrected chi connectivity index (χ1v) is 10.3. The summed E-state index contributed by atoms with van der Waals surface area (Å²) in [6.45, 7) is 4.41. The maximum absolute atomic E-state index is 12.3. The number of anilines is 1. The van der Waals surface area contributed by atoms with E-state index in [4.69, 9.17) is 4.74 Å². The van der Waals surface area contributed by atoms with Crippen LogP contribution in [0.3, 0.4) is 0 Å². The molecule has 0 saturated carbocycles. The molecular formula is C22H22N4O2S. The van der Waals surface area contributed by atoms with Crippen molar-refractivity contribution in [1.29, 1.82) is 0 Å². The number of hydrogen-bond donors (Lipinski definition) is 1. The zero-order valence-electron chi connectivity index (χ0n) is 16.0. The second kappa shape index (κ2) is 9.56. The smallest absolute Gasteiger partial charge is 0.248 e. The molecule has 1 amide bonds. The van der Waals surface area contributed by atoms with Crippen molar-refractivity contribution in [1.82, 2.24) is 14.3 Å². The number of aromatic nitrogens is 2. The van der Waals surface area contributed by atoms with Gasteiger partial charge < -0.3 is 10.1 Å². The van der Waals surface area contributed by atoms with Crippen molar-refractivity contribution in [2.45, 2.75) is 6.54 Å². The quantitative estimate of drug-likeness (QED) is 0.633. The van der Waals surface area contributed by atoms with Crippen LogP contribution in [0.5, 0.6) is 0 Å². The van der Waals surface area contributed by atoms with Crippen LogP contribution >= 0.6 is 11.5 Å². The number of pyridine rings is 1. The van der Waals surface area contributed by atoms with Crippen LogP contribution in [-0.4, -0.2) is 46.5 Å². The fourth-order valence-electron chi connectivity index (χ4n) is 3.20. The normalized spacial score (nSPS) is 14.9. The Morgan fingerprint density at radius 1 is 1.17 bits per heavy atom. The molecule has 0 spiro atoms. The van der Waals surface area contributed by atoms with E-state index in [0.29, 0.717) is 0 Å². The third-order valence-corrected chi connectivity index (χ3v) is 5.33. The zero-order valence-corrected chi connectivity index (χ0v) is 16.8. The van der Waals surface area contributed by atoms with Crippen LogP contribution in [0, 0.1) is 0 Å². The molecule has 0 bridgehead atoms. The van der Waals surface area contributed by atoms with Gasteiger partial charge in [-0.3, -0.25) is 14.7 Å². The summed E-state index contributed by atoms with van der Waals surface area (Å²) in [5, 5.41) is 4.88. The molecule has 0 aliphatic carbocycles. The van der Waals surface area contributed by atoms with E-state index in [9.17, 15) is 4.79 Å². The van der Waals surface area contributed by atoms with E-state index < -0.39 is 0 Å². The summed E-state index contributed by atoms with van der Waals surface area (Å²) < 4.78 is 9.52. The van der Waals surface area contributed by atoms with Crippen LogP contribution in [0.2, 0.25) is 0 Å². The standard InChI is InChI=1S/C22H22N4O2S/c27-22(6-3-18-13-23-8-7-21(18)19-14-24-29-16-19)25-20-4-1-17(2-5-20)15-26-9-11-28-12-10-26/h1-8,13-14,16H,9-12,15H2,(H,25,27). The third kappa shape index (κ3) is 5.35. The molecule has 0 radical (unpaired) electrons. The highest BCUT2D eigenvalue weighted by Gasteiger charge is 2.10. The Balaban J connectivity index is 1.36. The minimum Gasteiger partial charge on any atom is -0.379 e. The van der Waals surface area contributed by atoms with E-state index in [1.807, 2.05) is 29.8 Å². The molecule has 1 aromatic carbocycles. The van der Waals surface area contributed by atoms with Crippen LogP contribution in [0.25, 0.3) is 17.2 Å². The molecule has 4 rings (SSSR count). The molecule has 1 N–H and O–H groups in total. The molecule has 3 heterocycles. The minimum absolute atomic E-state index is 0.177. The molecular weight excluding hydrogens is 384 g/mol. The number of carbonyl (C=O) groups is 1. The number of benzene rings is 1. The van der Waals surface area contributed by atoms with Crippen LogP contribution in [0.4, 0.5) is 5.69 Å². The number of ether oxygens (including phenoxy) is 1.